The Morgan fingerprint density at radius 1 is 1.24 bits per heavy atom. The Bertz CT molecular complexity index is 438. The molecule has 0 saturated carbocycles. The highest BCUT2D eigenvalue weighted by Gasteiger charge is 2.08. The number of hydrogen-bond donors (Lipinski definition) is 2. The number of nitrogens with one attached hydrogen (secondary N) is 2. The predicted molar refractivity (Wildman–Crippen MR) is 76.6 cm³/mol. The molecule has 0 aliphatic heterocycles. The van der Waals surface area contributed by atoms with Gasteiger partial charge in [0.1, 0.15) is 5.75 Å². The first-order valence-electron chi connectivity index (χ1n) is 6.63. The molecule has 2 N–H and O–H groups in total. The van der Waals surface area contributed by atoms with Gasteiger partial charge in [-0.3, -0.25) is 0 Å². The average Bonchev–Trinajstić information content (AvgIpc) is 2.43. The molecule has 0 aliphatic rings. The van der Waals surface area contributed by atoms with Crippen molar-refractivity contribution in [2.45, 2.75) is 19.6 Å². The maximum atomic E-state index is 12.0. The summed E-state index contributed by atoms with van der Waals surface area (Å²) < 4.78 is 28.4. The number of rotatable bonds is 7. The van der Waals surface area contributed by atoms with Crippen molar-refractivity contribution < 1.29 is 18.3 Å². The van der Waals surface area contributed by atoms with Crippen LogP contribution in [0.2, 0.25) is 0 Å². The van der Waals surface area contributed by atoms with Gasteiger partial charge in [0.25, 0.3) is 0 Å². The first-order chi connectivity index (χ1) is 9.90. The van der Waals surface area contributed by atoms with E-state index in [0.29, 0.717) is 13.1 Å². The van der Waals surface area contributed by atoms with E-state index >= 15 is 0 Å². The van der Waals surface area contributed by atoms with Gasteiger partial charge in [0.2, 0.25) is 0 Å². The van der Waals surface area contributed by atoms with Crippen molar-refractivity contribution in [3.8, 4) is 5.75 Å². The largest absolute Gasteiger partial charge is 0.435 e. The second-order valence-corrected chi connectivity index (χ2v) is 4.75. The van der Waals surface area contributed by atoms with Crippen LogP contribution in [0.3, 0.4) is 0 Å². The van der Waals surface area contributed by atoms with Gasteiger partial charge in [0.15, 0.2) is 0 Å². The van der Waals surface area contributed by atoms with Crippen LogP contribution in [-0.2, 0) is 0 Å². The van der Waals surface area contributed by atoms with Gasteiger partial charge in [-0.2, -0.15) is 8.78 Å². The summed E-state index contributed by atoms with van der Waals surface area (Å²) in [7, 11) is 3.35. The number of ether oxygens (including phenoxy) is 1. The Labute approximate surface area is 123 Å². The maximum absolute atomic E-state index is 12.0. The molecule has 0 fully saturated rings. The molecule has 0 aliphatic carbocycles. The Morgan fingerprint density at radius 2 is 1.86 bits per heavy atom. The first-order valence-corrected chi connectivity index (χ1v) is 6.63. The van der Waals surface area contributed by atoms with Crippen molar-refractivity contribution in [2.75, 3.05) is 27.2 Å². The quantitative estimate of drug-likeness (QED) is 0.759. The smallest absolute Gasteiger partial charge is 0.387 e. The minimum Gasteiger partial charge on any atom is -0.435 e. The molecule has 0 saturated heterocycles. The van der Waals surface area contributed by atoms with Gasteiger partial charge in [-0.05, 0) is 24.6 Å². The van der Waals surface area contributed by atoms with E-state index < -0.39 is 6.61 Å². The van der Waals surface area contributed by atoms with Crippen molar-refractivity contribution in [1.29, 1.82) is 0 Å². The molecule has 5 nitrogen and oxygen atoms in total. The number of hydrogen-bond acceptors (Lipinski definition) is 3. The predicted octanol–water partition coefficient (Wildman–Crippen LogP) is 2.21. The third-order valence-electron chi connectivity index (χ3n) is 2.86. The molecule has 0 radical (unpaired) electrons. The maximum Gasteiger partial charge on any atom is 0.387 e. The third kappa shape index (κ3) is 6.40. The summed E-state index contributed by atoms with van der Waals surface area (Å²) in [6.45, 7) is 0.257. The van der Waals surface area contributed by atoms with E-state index in [1.165, 1.54) is 17.0 Å². The number of urea groups is 1. The monoisotopic (exact) mass is 301 g/mol. The lowest BCUT2D eigenvalue weighted by Gasteiger charge is -2.16. The number of carbonyl (C=O) groups is 1. The zero-order chi connectivity index (χ0) is 15.8. The van der Waals surface area contributed by atoms with Gasteiger partial charge in [-0.1, -0.05) is 12.1 Å². The van der Waals surface area contributed by atoms with Gasteiger partial charge < -0.3 is 20.3 Å². The van der Waals surface area contributed by atoms with Gasteiger partial charge in [0.05, 0.1) is 0 Å². The van der Waals surface area contributed by atoms with E-state index in [1.54, 1.807) is 26.2 Å². The lowest BCUT2D eigenvalue weighted by Crippen LogP contribution is -2.38. The molecular formula is C14H21F2N3O2. The summed E-state index contributed by atoms with van der Waals surface area (Å²) in [5.41, 5.74) is 0.954. The van der Waals surface area contributed by atoms with Crippen LogP contribution in [-0.4, -0.2) is 44.7 Å². The molecule has 0 heterocycles. The number of nitrogens with zero attached hydrogens (tertiary/aromatic N) is 1. The number of halogens is 2. The molecule has 2 amide bonds. The standard InChI is InChI=1S/C14H21F2N3O2/c1-10(17-8-9-18-14(20)19(2)3)11-4-6-12(7-5-11)21-13(15)16/h4-7,10,13,17H,8-9H2,1-3H3,(H,18,20). The lowest BCUT2D eigenvalue weighted by molar-refractivity contribution is -0.0498. The Hall–Kier alpha value is -1.89. The highest BCUT2D eigenvalue weighted by Crippen LogP contribution is 2.18. The van der Waals surface area contributed by atoms with Crippen LogP contribution in [0.4, 0.5) is 13.6 Å². The molecule has 1 aromatic carbocycles. The van der Waals surface area contributed by atoms with Gasteiger partial charge in [-0.15, -0.1) is 0 Å². The SMILES string of the molecule is CC(NCCNC(=O)N(C)C)c1ccc(OC(F)F)cc1. The summed E-state index contributed by atoms with van der Waals surface area (Å²) in [6, 6.07) is 6.38. The molecule has 0 bridgehead atoms. The molecular weight excluding hydrogens is 280 g/mol. The highest BCUT2D eigenvalue weighted by atomic mass is 19.3. The summed E-state index contributed by atoms with van der Waals surface area (Å²) >= 11 is 0. The normalized spacial score (nSPS) is 12.1. The van der Waals surface area contributed by atoms with Crippen LogP contribution in [0.5, 0.6) is 5.75 Å². The first kappa shape index (κ1) is 17.2. The summed E-state index contributed by atoms with van der Waals surface area (Å²) in [6.07, 6.45) is 0. The Morgan fingerprint density at radius 3 is 2.38 bits per heavy atom. The Kier molecular flexibility index (Phi) is 6.87. The van der Waals surface area contributed by atoms with Crippen LogP contribution in [0.1, 0.15) is 18.5 Å². The van der Waals surface area contributed by atoms with Crippen LogP contribution >= 0.6 is 0 Å². The van der Waals surface area contributed by atoms with Crippen LogP contribution in [0, 0.1) is 0 Å². The van der Waals surface area contributed by atoms with E-state index in [0.717, 1.165) is 5.56 Å². The lowest BCUT2D eigenvalue weighted by atomic mass is 10.1. The van der Waals surface area contributed by atoms with E-state index in [-0.39, 0.29) is 17.8 Å². The fourth-order valence-electron chi connectivity index (χ4n) is 1.67. The number of amides is 2. The molecule has 0 aromatic heterocycles. The van der Waals surface area contributed by atoms with Crippen LogP contribution in [0.15, 0.2) is 24.3 Å². The van der Waals surface area contributed by atoms with Crippen molar-refractivity contribution in [3.63, 3.8) is 0 Å². The van der Waals surface area contributed by atoms with E-state index in [2.05, 4.69) is 15.4 Å². The molecule has 1 atom stereocenters. The van der Waals surface area contributed by atoms with E-state index in [9.17, 15) is 13.6 Å². The van der Waals surface area contributed by atoms with Gasteiger partial charge >= 0.3 is 12.6 Å². The van der Waals surface area contributed by atoms with Crippen molar-refractivity contribution >= 4 is 6.03 Å². The fourth-order valence-corrected chi connectivity index (χ4v) is 1.67. The fraction of sp³-hybridized carbons (Fsp3) is 0.500. The Balaban J connectivity index is 2.35. The van der Waals surface area contributed by atoms with E-state index in [4.69, 9.17) is 0 Å². The molecule has 7 heteroatoms. The molecule has 0 spiro atoms. The van der Waals surface area contributed by atoms with Gasteiger partial charge in [-0.25, -0.2) is 4.79 Å². The topological polar surface area (TPSA) is 53.6 Å². The summed E-state index contributed by atoms with van der Waals surface area (Å²) in [4.78, 5) is 12.8. The highest BCUT2D eigenvalue weighted by molar-refractivity contribution is 5.73. The minimum absolute atomic E-state index is 0.0434. The zero-order valence-corrected chi connectivity index (χ0v) is 12.4. The molecule has 1 aromatic rings. The number of alkyl halides is 2. The zero-order valence-electron chi connectivity index (χ0n) is 12.4. The molecule has 118 valence electrons. The second kappa shape index (κ2) is 8.41. The van der Waals surface area contributed by atoms with E-state index in [1.807, 2.05) is 6.92 Å². The molecule has 1 unspecified atom stereocenters. The van der Waals surface area contributed by atoms with Crippen molar-refractivity contribution in [2.24, 2.45) is 0 Å². The summed E-state index contributed by atoms with van der Waals surface area (Å²) in [5, 5.41) is 5.97. The second-order valence-electron chi connectivity index (χ2n) is 4.75. The number of benzene rings is 1. The third-order valence-corrected chi connectivity index (χ3v) is 2.86. The summed E-state index contributed by atoms with van der Waals surface area (Å²) in [5.74, 6) is 0.138. The average molecular weight is 301 g/mol. The molecule has 1 rings (SSSR count). The van der Waals surface area contributed by atoms with Crippen molar-refractivity contribution in [1.82, 2.24) is 15.5 Å². The van der Waals surface area contributed by atoms with Crippen molar-refractivity contribution in [3.05, 3.63) is 29.8 Å². The van der Waals surface area contributed by atoms with Crippen LogP contribution < -0.4 is 15.4 Å². The molecule has 21 heavy (non-hydrogen) atoms. The minimum atomic E-state index is -2.81. The number of carbonyl (C=O) groups excluding carboxylic acids is 1. The van der Waals surface area contributed by atoms with Gasteiger partial charge in [0, 0.05) is 33.2 Å². The van der Waals surface area contributed by atoms with Crippen LogP contribution in [0.25, 0.3) is 0 Å².